The summed E-state index contributed by atoms with van der Waals surface area (Å²) < 4.78 is 4.50. The van der Waals surface area contributed by atoms with Gasteiger partial charge >= 0.3 is 5.95 Å². The van der Waals surface area contributed by atoms with E-state index in [1.807, 2.05) is 0 Å². The van der Waals surface area contributed by atoms with Gasteiger partial charge in [0.2, 0.25) is 0 Å². The van der Waals surface area contributed by atoms with Crippen LogP contribution in [0.25, 0.3) is 11.3 Å². The van der Waals surface area contributed by atoms with E-state index in [0.29, 0.717) is 5.69 Å². The lowest BCUT2D eigenvalue weighted by atomic mass is 10.2. The minimum atomic E-state index is -0.179. The Balaban J connectivity index is 2.45. The molecule has 1 N–H and O–H groups in total. The SMILES string of the molecule is Oc1cc(-c2ccncc2)no1. The molecular formula is C8H6N2O2. The molecular weight excluding hydrogens is 156 g/mol. The number of pyridine rings is 1. The smallest absolute Gasteiger partial charge is 0.309 e. The molecule has 0 saturated heterocycles. The molecule has 2 heterocycles. The predicted octanol–water partition coefficient (Wildman–Crippen LogP) is 1.44. The molecule has 4 heteroatoms. The number of rotatable bonds is 1. The predicted molar refractivity (Wildman–Crippen MR) is 41.4 cm³/mol. The van der Waals surface area contributed by atoms with Crippen LogP contribution in [0, 0.1) is 0 Å². The molecule has 2 aromatic heterocycles. The normalized spacial score (nSPS) is 10.0. The fourth-order valence-corrected chi connectivity index (χ4v) is 0.924. The first-order valence-electron chi connectivity index (χ1n) is 3.42. The van der Waals surface area contributed by atoms with Gasteiger partial charge in [-0.1, -0.05) is 5.16 Å². The van der Waals surface area contributed by atoms with Crippen molar-refractivity contribution in [1.82, 2.24) is 10.1 Å². The third kappa shape index (κ3) is 1.14. The van der Waals surface area contributed by atoms with E-state index in [0.717, 1.165) is 5.56 Å². The zero-order valence-corrected chi connectivity index (χ0v) is 6.14. The Labute approximate surface area is 68.5 Å². The lowest BCUT2D eigenvalue weighted by Crippen LogP contribution is -1.75. The topological polar surface area (TPSA) is 59.2 Å². The lowest BCUT2D eigenvalue weighted by molar-refractivity contribution is 0.278. The zero-order chi connectivity index (χ0) is 8.39. The van der Waals surface area contributed by atoms with E-state index >= 15 is 0 Å². The van der Waals surface area contributed by atoms with Crippen LogP contribution in [0.15, 0.2) is 35.1 Å². The molecule has 0 bridgehead atoms. The van der Waals surface area contributed by atoms with Crippen molar-refractivity contribution >= 4 is 0 Å². The molecule has 0 unspecified atom stereocenters. The second-order valence-corrected chi connectivity index (χ2v) is 2.29. The van der Waals surface area contributed by atoms with Crippen molar-refractivity contribution in [1.29, 1.82) is 0 Å². The summed E-state index contributed by atoms with van der Waals surface area (Å²) >= 11 is 0. The van der Waals surface area contributed by atoms with Crippen LogP contribution in [0.2, 0.25) is 0 Å². The van der Waals surface area contributed by atoms with Crippen LogP contribution >= 0.6 is 0 Å². The van der Waals surface area contributed by atoms with Crippen molar-refractivity contribution in [3.8, 4) is 17.2 Å². The Morgan fingerprint density at radius 3 is 2.58 bits per heavy atom. The number of aromatic nitrogens is 2. The number of hydrogen-bond donors (Lipinski definition) is 1. The Kier molecular flexibility index (Phi) is 1.51. The standard InChI is InChI=1S/C8H6N2O2/c11-8-5-7(10-12-8)6-1-3-9-4-2-6/h1-5,11H. The van der Waals surface area contributed by atoms with E-state index in [1.165, 1.54) is 6.07 Å². The van der Waals surface area contributed by atoms with Crippen molar-refractivity contribution in [2.75, 3.05) is 0 Å². The molecule has 0 saturated carbocycles. The number of aromatic hydroxyl groups is 1. The van der Waals surface area contributed by atoms with E-state index in [9.17, 15) is 0 Å². The summed E-state index contributed by atoms with van der Waals surface area (Å²) in [4.78, 5) is 3.86. The maximum absolute atomic E-state index is 8.87. The molecule has 0 aromatic carbocycles. The molecule has 2 aromatic rings. The van der Waals surface area contributed by atoms with Crippen molar-refractivity contribution in [2.24, 2.45) is 0 Å². The summed E-state index contributed by atoms with van der Waals surface area (Å²) in [5, 5.41) is 12.5. The average Bonchev–Trinajstić information content (AvgIpc) is 2.54. The Bertz CT molecular complexity index is 370. The molecule has 2 rings (SSSR count). The lowest BCUT2D eigenvalue weighted by Gasteiger charge is -1.90. The summed E-state index contributed by atoms with van der Waals surface area (Å²) in [5.74, 6) is -0.179. The van der Waals surface area contributed by atoms with Gasteiger partial charge < -0.3 is 9.63 Å². The summed E-state index contributed by atoms with van der Waals surface area (Å²) in [6, 6.07) is 5.03. The first-order valence-corrected chi connectivity index (χ1v) is 3.42. The monoisotopic (exact) mass is 162 g/mol. The second-order valence-electron chi connectivity index (χ2n) is 2.29. The molecule has 0 spiro atoms. The van der Waals surface area contributed by atoms with Gasteiger partial charge in [0, 0.05) is 18.0 Å². The van der Waals surface area contributed by atoms with Gasteiger partial charge in [-0.2, -0.15) is 0 Å². The average molecular weight is 162 g/mol. The maximum atomic E-state index is 8.87. The first kappa shape index (κ1) is 6.84. The molecule has 0 radical (unpaired) electrons. The molecule has 0 amide bonds. The zero-order valence-electron chi connectivity index (χ0n) is 6.14. The van der Waals surface area contributed by atoms with Crippen LogP contribution in [0.5, 0.6) is 5.95 Å². The van der Waals surface area contributed by atoms with Crippen LogP contribution in [-0.2, 0) is 0 Å². The summed E-state index contributed by atoms with van der Waals surface area (Å²) in [6.45, 7) is 0. The molecule has 0 aliphatic heterocycles. The van der Waals surface area contributed by atoms with Crippen molar-refractivity contribution in [2.45, 2.75) is 0 Å². The van der Waals surface area contributed by atoms with Gasteiger partial charge in [-0.05, 0) is 12.1 Å². The largest absolute Gasteiger partial charge is 0.479 e. The Morgan fingerprint density at radius 2 is 2.00 bits per heavy atom. The third-order valence-corrected chi connectivity index (χ3v) is 1.47. The molecule has 4 nitrogen and oxygen atoms in total. The highest BCUT2D eigenvalue weighted by molar-refractivity contribution is 5.58. The van der Waals surface area contributed by atoms with Crippen LogP contribution in [0.4, 0.5) is 0 Å². The van der Waals surface area contributed by atoms with Crippen molar-refractivity contribution in [3.05, 3.63) is 30.6 Å². The third-order valence-electron chi connectivity index (χ3n) is 1.47. The minimum Gasteiger partial charge on any atom is -0.479 e. The molecule has 60 valence electrons. The molecule has 0 aliphatic carbocycles. The van der Waals surface area contributed by atoms with E-state index in [2.05, 4.69) is 14.7 Å². The van der Waals surface area contributed by atoms with Crippen molar-refractivity contribution < 1.29 is 9.63 Å². The summed E-state index contributed by atoms with van der Waals surface area (Å²) in [5.41, 5.74) is 1.48. The fourth-order valence-electron chi connectivity index (χ4n) is 0.924. The van der Waals surface area contributed by atoms with Crippen molar-refractivity contribution in [3.63, 3.8) is 0 Å². The van der Waals surface area contributed by atoms with E-state index in [-0.39, 0.29) is 5.95 Å². The molecule has 0 atom stereocenters. The number of nitrogens with zero attached hydrogens (tertiary/aromatic N) is 2. The summed E-state index contributed by atoms with van der Waals surface area (Å²) in [7, 11) is 0. The maximum Gasteiger partial charge on any atom is 0.309 e. The van der Waals surface area contributed by atoms with Crippen LogP contribution in [-0.4, -0.2) is 15.2 Å². The molecule has 0 fully saturated rings. The van der Waals surface area contributed by atoms with Crippen LogP contribution in [0.1, 0.15) is 0 Å². The quantitative estimate of drug-likeness (QED) is 0.689. The van der Waals surface area contributed by atoms with Gasteiger partial charge in [0.1, 0.15) is 5.69 Å². The van der Waals surface area contributed by atoms with E-state index in [4.69, 9.17) is 5.11 Å². The van der Waals surface area contributed by atoms with Gasteiger partial charge in [0.15, 0.2) is 0 Å². The number of hydrogen-bond acceptors (Lipinski definition) is 4. The first-order chi connectivity index (χ1) is 5.86. The second kappa shape index (κ2) is 2.65. The van der Waals surface area contributed by atoms with Gasteiger partial charge in [0.25, 0.3) is 0 Å². The molecule has 0 aliphatic rings. The highest BCUT2D eigenvalue weighted by Crippen LogP contribution is 2.20. The Hall–Kier alpha value is -1.84. The van der Waals surface area contributed by atoms with Crippen LogP contribution < -0.4 is 0 Å². The minimum absolute atomic E-state index is 0.179. The van der Waals surface area contributed by atoms with Crippen LogP contribution in [0.3, 0.4) is 0 Å². The van der Waals surface area contributed by atoms with E-state index in [1.54, 1.807) is 24.5 Å². The van der Waals surface area contributed by atoms with Gasteiger partial charge in [-0.25, -0.2) is 0 Å². The Morgan fingerprint density at radius 1 is 1.25 bits per heavy atom. The summed E-state index contributed by atoms with van der Waals surface area (Å²) in [6.07, 6.45) is 3.31. The molecule has 12 heavy (non-hydrogen) atoms. The highest BCUT2D eigenvalue weighted by atomic mass is 16.5. The van der Waals surface area contributed by atoms with Gasteiger partial charge in [-0.3, -0.25) is 4.98 Å². The van der Waals surface area contributed by atoms with E-state index < -0.39 is 0 Å². The van der Waals surface area contributed by atoms with Gasteiger partial charge in [0.05, 0.1) is 6.07 Å². The van der Waals surface area contributed by atoms with Gasteiger partial charge in [-0.15, -0.1) is 0 Å². The highest BCUT2D eigenvalue weighted by Gasteiger charge is 2.03. The fraction of sp³-hybridized carbons (Fsp3) is 0.